The van der Waals surface area contributed by atoms with Crippen molar-refractivity contribution < 1.29 is 14.3 Å². The molecule has 0 aliphatic carbocycles. The molecule has 0 saturated carbocycles. The van der Waals surface area contributed by atoms with Crippen LogP contribution < -0.4 is 5.32 Å². The van der Waals surface area contributed by atoms with Crippen LogP contribution in [0.4, 0.5) is 0 Å². The van der Waals surface area contributed by atoms with Crippen LogP contribution in [0.1, 0.15) is 38.8 Å². The number of nitrogens with zero attached hydrogens (tertiary/aromatic N) is 2. The van der Waals surface area contributed by atoms with E-state index in [9.17, 15) is 9.59 Å². The van der Waals surface area contributed by atoms with E-state index in [1.54, 1.807) is 23.9 Å². The van der Waals surface area contributed by atoms with Crippen molar-refractivity contribution in [2.24, 2.45) is 0 Å². The summed E-state index contributed by atoms with van der Waals surface area (Å²) in [4.78, 5) is 23.8. The molecule has 1 atom stereocenters. The van der Waals surface area contributed by atoms with Crippen molar-refractivity contribution >= 4 is 18.0 Å². The smallest absolute Gasteiger partial charge is 0.331 e. The number of benzene rings is 1. The van der Waals surface area contributed by atoms with Gasteiger partial charge in [-0.2, -0.15) is 5.10 Å². The van der Waals surface area contributed by atoms with Gasteiger partial charge in [0.15, 0.2) is 6.10 Å². The van der Waals surface area contributed by atoms with Crippen LogP contribution in [-0.2, 0) is 20.9 Å². The van der Waals surface area contributed by atoms with E-state index in [2.05, 4.69) is 10.4 Å². The van der Waals surface area contributed by atoms with E-state index >= 15 is 0 Å². The van der Waals surface area contributed by atoms with Gasteiger partial charge in [0, 0.05) is 23.4 Å². The van der Waals surface area contributed by atoms with Gasteiger partial charge in [-0.3, -0.25) is 9.48 Å². The van der Waals surface area contributed by atoms with Gasteiger partial charge in [-0.15, -0.1) is 0 Å². The van der Waals surface area contributed by atoms with Gasteiger partial charge in [0.2, 0.25) is 0 Å². The van der Waals surface area contributed by atoms with Gasteiger partial charge in [0.1, 0.15) is 0 Å². The largest absolute Gasteiger partial charge is 0.449 e. The summed E-state index contributed by atoms with van der Waals surface area (Å²) in [6.07, 6.45) is 5.57. The Balaban J connectivity index is 1.87. The van der Waals surface area contributed by atoms with Crippen molar-refractivity contribution in [3.8, 4) is 0 Å². The topological polar surface area (TPSA) is 73.2 Å². The average molecular weight is 355 g/mol. The average Bonchev–Trinajstić information content (AvgIpc) is 3.00. The number of ether oxygens (including phenoxy) is 1. The lowest BCUT2D eigenvalue weighted by atomic mass is 10.1. The Labute approximate surface area is 153 Å². The standard InChI is InChI=1S/C20H25N3O3/c1-15(19(25)22-20(2,3)4)26-18(24)11-10-17-12-21-23(14-17)13-16-8-6-5-7-9-16/h5-12,14-15H,13H2,1-4H3,(H,22,25)/b11-10+/t15-/m0/s1. The first-order valence-corrected chi connectivity index (χ1v) is 8.50. The maximum absolute atomic E-state index is 11.9. The molecule has 26 heavy (non-hydrogen) atoms. The number of nitrogens with one attached hydrogen (secondary N) is 1. The molecule has 1 N–H and O–H groups in total. The molecule has 1 aromatic carbocycles. The highest BCUT2D eigenvalue weighted by Gasteiger charge is 2.21. The minimum absolute atomic E-state index is 0.324. The molecule has 1 heterocycles. The number of esters is 1. The van der Waals surface area contributed by atoms with Crippen LogP contribution in [0.3, 0.4) is 0 Å². The minimum atomic E-state index is -0.854. The molecule has 0 radical (unpaired) electrons. The Hall–Kier alpha value is -2.89. The predicted octanol–water partition coefficient (Wildman–Crippen LogP) is 2.79. The molecule has 1 amide bonds. The Kier molecular flexibility index (Phi) is 6.33. The SMILES string of the molecule is C[C@H](OC(=O)/C=C/c1cnn(Cc2ccccc2)c1)C(=O)NC(C)(C)C. The fourth-order valence-corrected chi connectivity index (χ4v) is 2.23. The highest BCUT2D eigenvalue weighted by Crippen LogP contribution is 2.06. The second-order valence-corrected chi connectivity index (χ2v) is 7.11. The summed E-state index contributed by atoms with van der Waals surface area (Å²) >= 11 is 0. The first-order valence-electron chi connectivity index (χ1n) is 8.50. The van der Waals surface area contributed by atoms with Crippen molar-refractivity contribution in [2.75, 3.05) is 0 Å². The zero-order valence-corrected chi connectivity index (χ0v) is 15.6. The quantitative estimate of drug-likeness (QED) is 0.639. The fourth-order valence-electron chi connectivity index (χ4n) is 2.23. The molecule has 0 aliphatic rings. The lowest BCUT2D eigenvalue weighted by Gasteiger charge is -2.22. The van der Waals surface area contributed by atoms with Crippen molar-refractivity contribution in [1.29, 1.82) is 0 Å². The number of hydrogen-bond donors (Lipinski definition) is 1. The van der Waals surface area contributed by atoms with E-state index in [1.165, 1.54) is 6.08 Å². The molecule has 6 nitrogen and oxygen atoms in total. The zero-order valence-electron chi connectivity index (χ0n) is 15.6. The van der Waals surface area contributed by atoms with E-state index in [0.717, 1.165) is 11.1 Å². The summed E-state index contributed by atoms with van der Waals surface area (Å²) in [5, 5.41) is 7.04. The number of rotatable bonds is 6. The van der Waals surface area contributed by atoms with Crippen LogP contribution in [0.2, 0.25) is 0 Å². The highest BCUT2D eigenvalue weighted by atomic mass is 16.5. The maximum Gasteiger partial charge on any atom is 0.331 e. The molecule has 0 saturated heterocycles. The van der Waals surface area contributed by atoms with Crippen LogP contribution in [0.5, 0.6) is 0 Å². The molecule has 138 valence electrons. The fraction of sp³-hybridized carbons (Fsp3) is 0.350. The molecule has 0 unspecified atom stereocenters. The molecular weight excluding hydrogens is 330 g/mol. The molecule has 2 rings (SSSR count). The highest BCUT2D eigenvalue weighted by molar-refractivity contribution is 5.90. The van der Waals surface area contributed by atoms with Crippen LogP contribution in [0.15, 0.2) is 48.8 Å². The first kappa shape index (κ1) is 19.4. The zero-order chi connectivity index (χ0) is 19.2. The number of amides is 1. The summed E-state index contributed by atoms with van der Waals surface area (Å²) in [5.74, 6) is -0.896. The normalized spacial score (nSPS) is 12.8. The predicted molar refractivity (Wildman–Crippen MR) is 100 cm³/mol. The summed E-state index contributed by atoms with van der Waals surface area (Å²) < 4.78 is 6.91. The number of carbonyl (C=O) groups is 2. The van der Waals surface area contributed by atoms with Crippen molar-refractivity contribution in [3.05, 3.63) is 59.9 Å². The van der Waals surface area contributed by atoms with E-state index < -0.39 is 12.1 Å². The number of hydrogen-bond acceptors (Lipinski definition) is 4. The molecule has 2 aromatic rings. The van der Waals surface area contributed by atoms with Gasteiger partial charge in [0.25, 0.3) is 5.91 Å². The number of carbonyl (C=O) groups excluding carboxylic acids is 2. The maximum atomic E-state index is 11.9. The third-order valence-corrected chi connectivity index (χ3v) is 3.41. The third kappa shape index (κ3) is 6.55. The molecule has 0 spiro atoms. The summed E-state index contributed by atoms with van der Waals surface area (Å²) in [5.41, 5.74) is 1.55. The van der Waals surface area contributed by atoms with Crippen molar-refractivity contribution in [1.82, 2.24) is 15.1 Å². The Morgan fingerprint density at radius 1 is 1.27 bits per heavy atom. The second kappa shape index (κ2) is 8.47. The van der Waals surface area contributed by atoms with Gasteiger partial charge < -0.3 is 10.1 Å². The summed E-state index contributed by atoms with van der Waals surface area (Å²) in [6.45, 7) is 7.80. The van der Waals surface area contributed by atoms with Crippen molar-refractivity contribution in [3.63, 3.8) is 0 Å². The van der Waals surface area contributed by atoms with E-state index in [-0.39, 0.29) is 11.4 Å². The van der Waals surface area contributed by atoms with Gasteiger partial charge in [0.05, 0.1) is 12.7 Å². The molecule has 1 aromatic heterocycles. The van der Waals surface area contributed by atoms with Crippen molar-refractivity contribution in [2.45, 2.75) is 45.9 Å². The van der Waals surface area contributed by atoms with Crippen LogP contribution in [0, 0.1) is 0 Å². The number of aromatic nitrogens is 2. The Morgan fingerprint density at radius 2 is 1.96 bits per heavy atom. The Bertz CT molecular complexity index is 773. The second-order valence-electron chi connectivity index (χ2n) is 7.11. The Morgan fingerprint density at radius 3 is 2.62 bits per heavy atom. The lowest BCUT2D eigenvalue weighted by molar-refractivity contribution is -0.150. The summed E-state index contributed by atoms with van der Waals surface area (Å²) in [7, 11) is 0. The van der Waals surface area contributed by atoms with E-state index in [1.807, 2.05) is 57.3 Å². The van der Waals surface area contributed by atoms with Gasteiger partial charge >= 0.3 is 5.97 Å². The minimum Gasteiger partial charge on any atom is -0.449 e. The molecule has 0 bridgehead atoms. The van der Waals surface area contributed by atoms with Gasteiger partial charge in [-0.25, -0.2) is 4.79 Å². The molecule has 0 fully saturated rings. The van der Waals surface area contributed by atoms with Crippen LogP contribution in [-0.4, -0.2) is 33.3 Å². The van der Waals surface area contributed by atoms with Crippen LogP contribution in [0.25, 0.3) is 6.08 Å². The van der Waals surface area contributed by atoms with Gasteiger partial charge in [-0.05, 0) is 39.3 Å². The molecule has 6 heteroatoms. The van der Waals surface area contributed by atoms with Gasteiger partial charge in [-0.1, -0.05) is 30.3 Å². The third-order valence-electron chi connectivity index (χ3n) is 3.41. The molecule has 0 aliphatic heterocycles. The van der Waals surface area contributed by atoms with Crippen LogP contribution >= 0.6 is 0 Å². The van der Waals surface area contributed by atoms with E-state index in [0.29, 0.717) is 6.54 Å². The first-order chi connectivity index (χ1) is 12.2. The lowest BCUT2D eigenvalue weighted by Crippen LogP contribution is -2.46. The van der Waals surface area contributed by atoms with E-state index in [4.69, 9.17) is 4.74 Å². The summed E-state index contributed by atoms with van der Waals surface area (Å²) in [6, 6.07) is 9.98. The monoisotopic (exact) mass is 355 g/mol. The molecular formula is C20H25N3O3.